The number of nitrogens with zero attached hydrogens (tertiary/aromatic N) is 3. The second-order valence-electron chi connectivity index (χ2n) is 6.81. The van der Waals surface area contributed by atoms with E-state index in [1.54, 1.807) is 29.0 Å². The molecular weight excluding hydrogens is 387 g/mol. The summed E-state index contributed by atoms with van der Waals surface area (Å²) in [6, 6.07) is 4.89. The molecule has 1 saturated heterocycles. The zero-order valence-electron chi connectivity index (χ0n) is 14.8. The number of hydrogen-bond acceptors (Lipinski definition) is 5. The van der Waals surface area contributed by atoms with Gasteiger partial charge in [-0.05, 0) is 56.1 Å². The minimum atomic E-state index is -0.334. The molecule has 0 radical (unpaired) electrons. The van der Waals surface area contributed by atoms with Gasteiger partial charge in [-0.1, -0.05) is 23.2 Å². The fraction of sp³-hybridized carbons (Fsp3) is 0.389. The third kappa shape index (κ3) is 3.67. The Morgan fingerprint density at radius 1 is 1.41 bits per heavy atom. The molecule has 1 aliphatic heterocycles. The SMILES string of the molecule is CC(c1cc(Cl)ccc1Cl)n1c(=O)[nH]c2cnc(NC[C@@H]3CCNC3)nc21. The molecule has 1 aliphatic rings. The molecule has 7 nitrogen and oxygen atoms in total. The van der Waals surface area contributed by atoms with E-state index in [1.165, 1.54) is 0 Å². The molecule has 9 heteroatoms. The Morgan fingerprint density at radius 3 is 3.04 bits per heavy atom. The maximum atomic E-state index is 12.6. The molecule has 4 rings (SSSR count). The lowest BCUT2D eigenvalue weighted by Gasteiger charge is -2.16. The van der Waals surface area contributed by atoms with Gasteiger partial charge in [0.15, 0.2) is 5.65 Å². The van der Waals surface area contributed by atoms with Crippen molar-refractivity contribution in [1.29, 1.82) is 0 Å². The van der Waals surface area contributed by atoms with Crippen LogP contribution in [0.1, 0.15) is 24.9 Å². The number of nitrogens with one attached hydrogen (secondary N) is 3. The van der Waals surface area contributed by atoms with Gasteiger partial charge in [0.25, 0.3) is 0 Å². The Balaban J connectivity index is 1.69. The van der Waals surface area contributed by atoms with Crippen LogP contribution in [0.25, 0.3) is 11.2 Å². The molecule has 2 atom stereocenters. The minimum Gasteiger partial charge on any atom is -0.354 e. The molecule has 142 valence electrons. The molecular formula is C18H20Cl2N6O. The Kier molecular flexibility index (Phi) is 5.08. The number of fused-ring (bicyclic) bond motifs is 1. The summed E-state index contributed by atoms with van der Waals surface area (Å²) in [6.07, 6.45) is 2.76. The minimum absolute atomic E-state index is 0.264. The predicted molar refractivity (Wildman–Crippen MR) is 108 cm³/mol. The largest absolute Gasteiger partial charge is 0.354 e. The third-order valence-corrected chi connectivity index (χ3v) is 5.54. The van der Waals surface area contributed by atoms with Gasteiger partial charge < -0.3 is 15.6 Å². The Hall–Kier alpha value is -2.09. The van der Waals surface area contributed by atoms with Crippen molar-refractivity contribution in [2.75, 3.05) is 25.0 Å². The van der Waals surface area contributed by atoms with Gasteiger partial charge in [0.2, 0.25) is 5.95 Å². The summed E-state index contributed by atoms with van der Waals surface area (Å²) in [5.41, 5.74) is 1.61. The molecule has 2 aromatic heterocycles. The molecule has 0 spiro atoms. The fourth-order valence-electron chi connectivity index (χ4n) is 3.46. The average Bonchev–Trinajstić information content (AvgIpc) is 3.28. The monoisotopic (exact) mass is 406 g/mol. The Labute approximate surface area is 166 Å². The van der Waals surface area contributed by atoms with Gasteiger partial charge in [0, 0.05) is 16.6 Å². The second-order valence-corrected chi connectivity index (χ2v) is 7.66. The van der Waals surface area contributed by atoms with Crippen molar-refractivity contribution in [3.63, 3.8) is 0 Å². The van der Waals surface area contributed by atoms with Crippen LogP contribution < -0.4 is 16.3 Å². The van der Waals surface area contributed by atoms with Crippen molar-refractivity contribution in [2.24, 2.45) is 5.92 Å². The number of benzene rings is 1. The number of rotatable bonds is 5. The number of aromatic amines is 1. The fourth-order valence-corrected chi connectivity index (χ4v) is 3.91. The molecule has 0 saturated carbocycles. The Bertz CT molecular complexity index is 1020. The quantitative estimate of drug-likeness (QED) is 0.605. The summed E-state index contributed by atoms with van der Waals surface area (Å²) in [4.78, 5) is 24.2. The molecule has 1 fully saturated rings. The van der Waals surface area contributed by atoms with Crippen LogP contribution in [0.4, 0.5) is 5.95 Å². The molecule has 3 aromatic rings. The number of halogens is 2. The summed E-state index contributed by atoms with van der Waals surface area (Å²) < 4.78 is 1.58. The lowest BCUT2D eigenvalue weighted by Crippen LogP contribution is -2.22. The maximum absolute atomic E-state index is 12.6. The van der Waals surface area contributed by atoms with Crippen LogP contribution in [-0.2, 0) is 0 Å². The van der Waals surface area contributed by atoms with Crippen molar-refractivity contribution < 1.29 is 0 Å². The summed E-state index contributed by atoms with van der Waals surface area (Å²) in [5, 5.41) is 7.73. The normalized spacial score (nSPS) is 18.1. The van der Waals surface area contributed by atoms with Crippen LogP contribution in [0.5, 0.6) is 0 Å². The lowest BCUT2D eigenvalue weighted by molar-refractivity contribution is 0.612. The first kappa shape index (κ1) is 18.3. The van der Waals surface area contributed by atoms with Crippen molar-refractivity contribution in [1.82, 2.24) is 24.8 Å². The number of aromatic nitrogens is 4. The molecule has 0 amide bonds. The molecule has 27 heavy (non-hydrogen) atoms. The average molecular weight is 407 g/mol. The van der Waals surface area contributed by atoms with Crippen LogP contribution in [0.15, 0.2) is 29.2 Å². The van der Waals surface area contributed by atoms with E-state index in [-0.39, 0.29) is 11.7 Å². The summed E-state index contributed by atoms with van der Waals surface area (Å²) in [5.74, 6) is 1.06. The van der Waals surface area contributed by atoms with E-state index in [0.29, 0.717) is 33.1 Å². The van der Waals surface area contributed by atoms with Crippen molar-refractivity contribution in [2.45, 2.75) is 19.4 Å². The second kappa shape index (κ2) is 7.50. The van der Waals surface area contributed by atoms with E-state index in [2.05, 4.69) is 25.6 Å². The first-order chi connectivity index (χ1) is 13.0. The number of hydrogen-bond donors (Lipinski definition) is 3. The first-order valence-corrected chi connectivity index (χ1v) is 9.65. The number of H-pyrrole nitrogens is 1. The Morgan fingerprint density at radius 2 is 2.26 bits per heavy atom. The van der Waals surface area contributed by atoms with Gasteiger partial charge in [-0.3, -0.25) is 4.57 Å². The lowest BCUT2D eigenvalue weighted by atomic mass is 10.1. The molecule has 1 aromatic carbocycles. The van der Waals surface area contributed by atoms with E-state index in [1.807, 2.05) is 6.92 Å². The van der Waals surface area contributed by atoms with Gasteiger partial charge in [-0.25, -0.2) is 9.78 Å². The summed E-state index contributed by atoms with van der Waals surface area (Å²) in [7, 11) is 0. The van der Waals surface area contributed by atoms with Gasteiger partial charge in [-0.2, -0.15) is 4.98 Å². The summed E-state index contributed by atoms with van der Waals surface area (Å²) >= 11 is 12.4. The zero-order valence-corrected chi connectivity index (χ0v) is 16.3. The predicted octanol–water partition coefficient (Wildman–Crippen LogP) is 3.06. The molecule has 0 aliphatic carbocycles. The molecule has 0 bridgehead atoms. The topological polar surface area (TPSA) is 87.6 Å². The van der Waals surface area contributed by atoms with Crippen molar-refractivity contribution in [3.8, 4) is 0 Å². The zero-order chi connectivity index (χ0) is 19.0. The molecule has 3 heterocycles. The van der Waals surface area contributed by atoms with E-state index < -0.39 is 0 Å². The molecule has 3 N–H and O–H groups in total. The molecule has 1 unspecified atom stereocenters. The van der Waals surface area contributed by atoms with Crippen LogP contribution in [-0.4, -0.2) is 39.2 Å². The highest BCUT2D eigenvalue weighted by molar-refractivity contribution is 6.33. The van der Waals surface area contributed by atoms with E-state index in [4.69, 9.17) is 23.2 Å². The van der Waals surface area contributed by atoms with Crippen molar-refractivity contribution >= 4 is 40.3 Å². The van der Waals surface area contributed by atoms with E-state index in [9.17, 15) is 4.79 Å². The number of anilines is 1. The standard InChI is InChI=1S/C18H20Cl2N6O/c1-10(13-6-12(19)2-3-14(13)20)26-16-15(24-18(26)27)9-23-17(25-16)22-8-11-4-5-21-7-11/h2-3,6,9-11,21H,4-5,7-8H2,1H3,(H,24,27)(H,22,23,25)/t10?,11-/m1/s1. The highest BCUT2D eigenvalue weighted by Gasteiger charge is 2.20. The van der Waals surface area contributed by atoms with Gasteiger partial charge >= 0.3 is 5.69 Å². The maximum Gasteiger partial charge on any atom is 0.328 e. The highest BCUT2D eigenvalue weighted by atomic mass is 35.5. The summed E-state index contributed by atoms with van der Waals surface area (Å²) in [6.45, 7) is 4.73. The highest BCUT2D eigenvalue weighted by Crippen LogP contribution is 2.29. The van der Waals surface area contributed by atoms with Crippen LogP contribution in [0, 0.1) is 5.92 Å². The van der Waals surface area contributed by atoms with Crippen molar-refractivity contribution in [3.05, 3.63) is 50.5 Å². The van der Waals surface area contributed by atoms with E-state index in [0.717, 1.165) is 31.6 Å². The first-order valence-electron chi connectivity index (χ1n) is 8.89. The van der Waals surface area contributed by atoms with Gasteiger partial charge in [-0.15, -0.1) is 0 Å². The van der Waals surface area contributed by atoms with E-state index >= 15 is 0 Å². The van der Waals surface area contributed by atoms with Gasteiger partial charge in [0.05, 0.1) is 12.2 Å². The third-order valence-electron chi connectivity index (χ3n) is 4.96. The number of imidazole rings is 1. The van der Waals surface area contributed by atoms with Crippen LogP contribution in [0.2, 0.25) is 10.0 Å². The van der Waals surface area contributed by atoms with Gasteiger partial charge in [0.1, 0.15) is 5.52 Å². The van der Waals surface area contributed by atoms with Crippen LogP contribution in [0.3, 0.4) is 0 Å². The smallest absolute Gasteiger partial charge is 0.328 e. The van der Waals surface area contributed by atoms with Crippen LogP contribution >= 0.6 is 23.2 Å².